The number of halogens is 1. The topological polar surface area (TPSA) is 62.3 Å². The Morgan fingerprint density at radius 3 is 2.79 bits per heavy atom. The van der Waals surface area contributed by atoms with E-state index >= 15 is 0 Å². The van der Waals surface area contributed by atoms with Crippen LogP contribution in [-0.4, -0.2) is 49.2 Å². The van der Waals surface area contributed by atoms with E-state index < -0.39 is 0 Å². The fourth-order valence-electron chi connectivity index (χ4n) is 2.18. The molecule has 7 heteroatoms. The molecule has 0 atom stereocenters. The van der Waals surface area contributed by atoms with Gasteiger partial charge in [-0.1, -0.05) is 11.6 Å². The molecule has 6 nitrogen and oxygen atoms in total. The second-order valence-corrected chi connectivity index (χ2v) is 6.18. The highest BCUT2D eigenvalue weighted by molar-refractivity contribution is 6.31. The molecule has 1 heterocycles. The van der Waals surface area contributed by atoms with E-state index in [1.165, 1.54) is 0 Å². The molecule has 0 spiro atoms. The summed E-state index contributed by atoms with van der Waals surface area (Å²) in [6.07, 6.45) is 2.77. The number of aromatic nitrogens is 2. The predicted molar refractivity (Wildman–Crippen MR) is 99.7 cm³/mol. The molecule has 0 fully saturated rings. The van der Waals surface area contributed by atoms with E-state index in [-0.39, 0.29) is 0 Å². The van der Waals surface area contributed by atoms with Crippen molar-refractivity contribution in [3.8, 4) is 5.75 Å². The fourth-order valence-corrected chi connectivity index (χ4v) is 2.33. The van der Waals surface area contributed by atoms with Gasteiger partial charge in [-0.05, 0) is 51.7 Å². The van der Waals surface area contributed by atoms with Gasteiger partial charge in [0.25, 0.3) is 0 Å². The molecule has 2 N–H and O–H groups in total. The first-order valence-electron chi connectivity index (χ1n) is 7.82. The Balaban J connectivity index is 2.05. The van der Waals surface area contributed by atoms with Gasteiger partial charge in [0.15, 0.2) is 0 Å². The molecule has 1 aromatic carbocycles. The predicted octanol–water partition coefficient (Wildman–Crippen LogP) is 3.55. The molecule has 2 rings (SSSR count). The third kappa shape index (κ3) is 5.25. The van der Waals surface area contributed by atoms with Gasteiger partial charge in [-0.15, -0.1) is 0 Å². The van der Waals surface area contributed by atoms with Crippen molar-refractivity contribution in [1.82, 2.24) is 14.9 Å². The van der Waals surface area contributed by atoms with Crippen molar-refractivity contribution in [2.24, 2.45) is 0 Å². The molecule has 130 valence electrons. The first-order valence-corrected chi connectivity index (χ1v) is 8.20. The SMILES string of the molecule is COc1cc(Cl)c(C)cc1Nc1nccc(NCCCN(C)C)n1. The quantitative estimate of drug-likeness (QED) is 0.710. The van der Waals surface area contributed by atoms with Crippen molar-refractivity contribution >= 4 is 29.1 Å². The Morgan fingerprint density at radius 1 is 1.29 bits per heavy atom. The standard InChI is InChI=1S/C17H24ClN5O/c1-12-10-14(15(24-4)11-13(12)18)21-17-20-8-6-16(22-17)19-7-5-9-23(2)3/h6,8,10-11H,5,7,9H2,1-4H3,(H2,19,20,21,22). The second-order valence-electron chi connectivity index (χ2n) is 5.78. The summed E-state index contributed by atoms with van der Waals surface area (Å²) in [5.74, 6) is 1.95. The van der Waals surface area contributed by atoms with Crippen LogP contribution in [0.15, 0.2) is 24.4 Å². The van der Waals surface area contributed by atoms with Crippen molar-refractivity contribution in [1.29, 1.82) is 0 Å². The van der Waals surface area contributed by atoms with Crippen LogP contribution in [0.1, 0.15) is 12.0 Å². The lowest BCUT2D eigenvalue weighted by molar-refractivity contribution is 0.405. The van der Waals surface area contributed by atoms with Gasteiger partial charge in [-0.2, -0.15) is 4.98 Å². The van der Waals surface area contributed by atoms with Gasteiger partial charge in [0, 0.05) is 23.8 Å². The van der Waals surface area contributed by atoms with E-state index in [0.717, 1.165) is 36.6 Å². The molecule has 1 aromatic heterocycles. The van der Waals surface area contributed by atoms with Crippen LogP contribution in [-0.2, 0) is 0 Å². The minimum Gasteiger partial charge on any atom is -0.495 e. The largest absolute Gasteiger partial charge is 0.495 e. The van der Waals surface area contributed by atoms with Gasteiger partial charge < -0.3 is 20.3 Å². The van der Waals surface area contributed by atoms with Crippen molar-refractivity contribution in [2.45, 2.75) is 13.3 Å². The highest BCUT2D eigenvalue weighted by atomic mass is 35.5. The zero-order valence-electron chi connectivity index (χ0n) is 14.6. The maximum atomic E-state index is 6.13. The summed E-state index contributed by atoms with van der Waals surface area (Å²) in [6.45, 7) is 3.83. The normalized spacial score (nSPS) is 10.8. The van der Waals surface area contributed by atoms with Crippen LogP contribution in [0.4, 0.5) is 17.5 Å². The lowest BCUT2D eigenvalue weighted by Crippen LogP contribution is -2.16. The molecule has 0 saturated heterocycles. The van der Waals surface area contributed by atoms with Crippen molar-refractivity contribution < 1.29 is 4.74 Å². The Morgan fingerprint density at radius 2 is 2.08 bits per heavy atom. The van der Waals surface area contributed by atoms with Crippen LogP contribution < -0.4 is 15.4 Å². The van der Waals surface area contributed by atoms with Crippen LogP contribution in [0.2, 0.25) is 5.02 Å². The van der Waals surface area contributed by atoms with E-state index in [2.05, 4.69) is 39.6 Å². The summed E-state index contributed by atoms with van der Waals surface area (Å²) in [7, 11) is 5.73. The number of methoxy groups -OCH3 is 1. The molecule has 0 aliphatic heterocycles. The monoisotopic (exact) mass is 349 g/mol. The lowest BCUT2D eigenvalue weighted by Gasteiger charge is -2.13. The van der Waals surface area contributed by atoms with E-state index in [1.54, 1.807) is 19.4 Å². The Hall–Kier alpha value is -2.05. The fraction of sp³-hybridized carbons (Fsp3) is 0.412. The number of hydrogen-bond acceptors (Lipinski definition) is 6. The van der Waals surface area contributed by atoms with Crippen molar-refractivity contribution in [2.75, 3.05) is 44.9 Å². The minimum atomic E-state index is 0.507. The summed E-state index contributed by atoms with van der Waals surface area (Å²) in [6, 6.07) is 5.55. The van der Waals surface area contributed by atoms with Crippen LogP contribution in [0.3, 0.4) is 0 Å². The van der Waals surface area contributed by atoms with Gasteiger partial charge in [0.2, 0.25) is 5.95 Å². The summed E-state index contributed by atoms with van der Waals surface area (Å²) >= 11 is 6.13. The van der Waals surface area contributed by atoms with Gasteiger partial charge in [-0.25, -0.2) is 4.98 Å². The number of benzene rings is 1. The van der Waals surface area contributed by atoms with Crippen LogP contribution >= 0.6 is 11.6 Å². The Bertz CT molecular complexity index is 678. The molecule has 2 aromatic rings. The highest BCUT2D eigenvalue weighted by Gasteiger charge is 2.09. The first kappa shape index (κ1) is 18.3. The Kier molecular flexibility index (Phi) is 6.63. The summed E-state index contributed by atoms with van der Waals surface area (Å²) in [5, 5.41) is 7.15. The maximum absolute atomic E-state index is 6.13. The van der Waals surface area contributed by atoms with Crippen molar-refractivity contribution in [3.05, 3.63) is 35.0 Å². The van der Waals surface area contributed by atoms with E-state index in [0.29, 0.717) is 16.7 Å². The van der Waals surface area contributed by atoms with E-state index in [4.69, 9.17) is 16.3 Å². The number of hydrogen-bond donors (Lipinski definition) is 2. The lowest BCUT2D eigenvalue weighted by atomic mass is 10.2. The van der Waals surface area contributed by atoms with Crippen LogP contribution in [0.5, 0.6) is 5.75 Å². The molecule has 0 saturated carbocycles. The van der Waals surface area contributed by atoms with Crippen LogP contribution in [0, 0.1) is 6.92 Å². The summed E-state index contributed by atoms with van der Waals surface area (Å²) < 4.78 is 5.36. The highest BCUT2D eigenvalue weighted by Crippen LogP contribution is 2.32. The minimum absolute atomic E-state index is 0.507. The third-order valence-corrected chi connectivity index (χ3v) is 3.88. The summed E-state index contributed by atoms with van der Waals surface area (Å²) in [4.78, 5) is 10.9. The smallest absolute Gasteiger partial charge is 0.229 e. The molecular formula is C17H24ClN5O. The van der Waals surface area contributed by atoms with Gasteiger partial charge in [0.05, 0.1) is 12.8 Å². The average Bonchev–Trinajstić information content (AvgIpc) is 2.55. The molecular weight excluding hydrogens is 326 g/mol. The number of nitrogens with one attached hydrogen (secondary N) is 2. The molecule has 0 aliphatic rings. The summed E-state index contributed by atoms with van der Waals surface area (Å²) in [5.41, 5.74) is 1.74. The molecule has 0 amide bonds. The molecule has 0 bridgehead atoms. The first-order chi connectivity index (χ1) is 11.5. The number of aryl methyl sites for hydroxylation is 1. The molecule has 0 aliphatic carbocycles. The zero-order chi connectivity index (χ0) is 17.5. The second kappa shape index (κ2) is 8.70. The van der Waals surface area contributed by atoms with E-state index in [1.807, 2.05) is 19.1 Å². The number of ether oxygens (including phenoxy) is 1. The molecule has 24 heavy (non-hydrogen) atoms. The number of nitrogens with zero attached hydrogens (tertiary/aromatic N) is 3. The third-order valence-electron chi connectivity index (χ3n) is 3.47. The van der Waals surface area contributed by atoms with Gasteiger partial charge >= 0.3 is 0 Å². The zero-order valence-corrected chi connectivity index (χ0v) is 15.3. The van der Waals surface area contributed by atoms with Crippen molar-refractivity contribution in [3.63, 3.8) is 0 Å². The Labute approximate surface area is 148 Å². The van der Waals surface area contributed by atoms with Gasteiger partial charge in [0.1, 0.15) is 11.6 Å². The maximum Gasteiger partial charge on any atom is 0.229 e. The average molecular weight is 350 g/mol. The van der Waals surface area contributed by atoms with Gasteiger partial charge in [-0.3, -0.25) is 0 Å². The molecule has 0 radical (unpaired) electrons. The van der Waals surface area contributed by atoms with E-state index in [9.17, 15) is 0 Å². The molecule has 0 unspecified atom stereocenters. The van der Waals surface area contributed by atoms with Crippen LogP contribution in [0.25, 0.3) is 0 Å². The number of rotatable bonds is 8. The number of anilines is 3.